The number of nitrogens with zero attached hydrogens (tertiary/aromatic N) is 2. The summed E-state index contributed by atoms with van der Waals surface area (Å²) in [6.45, 7) is 0.570. The molecule has 5 N–H and O–H groups in total. The highest BCUT2D eigenvalue weighted by molar-refractivity contribution is 7.88. The molecule has 1 aliphatic heterocycles. The van der Waals surface area contributed by atoms with Crippen LogP contribution in [0.4, 0.5) is 11.4 Å². The second-order valence-electron chi connectivity index (χ2n) is 7.97. The lowest BCUT2D eigenvalue weighted by atomic mass is 10.1. The number of carboxylic acid groups (broad SMARTS) is 1. The van der Waals surface area contributed by atoms with Crippen molar-refractivity contribution in [1.29, 1.82) is 0 Å². The molecule has 2 heterocycles. The number of nitrogens with one attached hydrogen (secondary N) is 4. The minimum absolute atomic E-state index is 0.174. The molecule has 2 unspecified atom stereocenters. The largest absolute Gasteiger partial charge is 0.480 e. The van der Waals surface area contributed by atoms with Crippen LogP contribution in [0.15, 0.2) is 48.5 Å². The van der Waals surface area contributed by atoms with Crippen molar-refractivity contribution in [2.45, 2.75) is 18.5 Å². The fourth-order valence-electron chi connectivity index (χ4n) is 4.01. The molecule has 3 aromatic rings. The second kappa shape index (κ2) is 10.2. The van der Waals surface area contributed by atoms with Crippen molar-refractivity contribution < 1.29 is 23.1 Å². The molecule has 14 heteroatoms. The SMILES string of the molecule is CS(=O)(=O)NC1CCN(c2cccc(OCNc3ccc(-n4c(=S)[nH][nH]c4=S)cc3)c2)C1C(=O)O. The summed E-state index contributed by atoms with van der Waals surface area (Å²) in [5, 5.41) is 18.5. The summed E-state index contributed by atoms with van der Waals surface area (Å²) in [5.41, 5.74) is 2.28. The second-order valence-corrected chi connectivity index (χ2v) is 10.5. The molecule has 0 aliphatic carbocycles. The number of carboxylic acids is 1. The Morgan fingerprint density at radius 2 is 1.83 bits per heavy atom. The van der Waals surface area contributed by atoms with Crippen LogP contribution in [0, 0.1) is 9.54 Å². The molecule has 4 rings (SSSR count). The average Bonchev–Trinajstić information content (AvgIpc) is 3.36. The predicted molar refractivity (Wildman–Crippen MR) is 137 cm³/mol. The summed E-state index contributed by atoms with van der Waals surface area (Å²) >= 11 is 10.4. The Morgan fingerprint density at radius 3 is 2.46 bits per heavy atom. The van der Waals surface area contributed by atoms with Gasteiger partial charge < -0.3 is 20.1 Å². The quantitative estimate of drug-likeness (QED) is 0.206. The van der Waals surface area contributed by atoms with Crippen LogP contribution in [0.3, 0.4) is 0 Å². The zero-order chi connectivity index (χ0) is 25.2. The first-order chi connectivity index (χ1) is 16.6. The molecule has 1 saturated heterocycles. The Kier molecular flexibility index (Phi) is 7.25. The fourth-order valence-corrected chi connectivity index (χ4v) is 5.36. The number of aliphatic carboxylic acids is 1. The van der Waals surface area contributed by atoms with E-state index in [-0.39, 0.29) is 6.73 Å². The Labute approximate surface area is 211 Å². The number of aromatic amines is 2. The Morgan fingerprint density at radius 1 is 1.14 bits per heavy atom. The van der Waals surface area contributed by atoms with Crippen LogP contribution in [-0.4, -0.2) is 65.9 Å². The van der Waals surface area contributed by atoms with Crippen molar-refractivity contribution in [2.24, 2.45) is 0 Å². The number of hydrogen-bond donors (Lipinski definition) is 5. The normalized spacial score (nSPS) is 17.9. The van der Waals surface area contributed by atoms with Crippen LogP contribution in [0.2, 0.25) is 0 Å². The van der Waals surface area contributed by atoms with Crippen molar-refractivity contribution in [1.82, 2.24) is 19.5 Å². The molecule has 186 valence electrons. The van der Waals surface area contributed by atoms with Gasteiger partial charge in [-0.3, -0.25) is 14.8 Å². The lowest BCUT2D eigenvalue weighted by Gasteiger charge is -2.27. The molecule has 0 radical (unpaired) electrons. The third-order valence-corrected chi connectivity index (χ3v) is 6.79. The average molecular weight is 537 g/mol. The molecule has 0 saturated carbocycles. The molecular weight excluding hydrogens is 512 g/mol. The van der Waals surface area contributed by atoms with Crippen molar-refractivity contribution >= 4 is 51.8 Å². The van der Waals surface area contributed by atoms with Crippen LogP contribution in [0.1, 0.15) is 6.42 Å². The maximum absolute atomic E-state index is 11.9. The van der Waals surface area contributed by atoms with E-state index in [4.69, 9.17) is 29.2 Å². The smallest absolute Gasteiger partial charge is 0.328 e. The van der Waals surface area contributed by atoms with E-state index in [1.54, 1.807) is 33.7 Å². The van der Waals surface area contributed by atoms with Crippen LogP contribution >= 0.6 is 24.4 Å². The van der Waals surface area contributed by atoms with Gasteiger partial charge in [-0.1, -0.05) is 6.07 Å². The fraction of sp³-hybridized carbons (Fsp3) is 0.286. The summed E-state index contributed by atoms with van der Waals surface area (Å²) in [4.78, 5) is 13.6. The lowest BCUT2D eigenvalue weighted by Crippen LogP contribution is -2.49. The van der Waals surface area contributed by atoms with Gasteiger partial charge in [-0.25, -0.2) is 17.9 Å². The van der Waals surface area contributed by atoms with Gasteiger partial charge in [-0.2, -0.15) is 0 Å². The molecule has 35 heavy (non-hydrogen) atoms. The standard InChI is InChI=1S/C21H24N6O5S3/c1-35(30,31)25-17-9-10-26(18(17)19(28)29)15-3-2-4-16(11-15)32-12-22-13-5-7-14(8-6-13)27-20(33)23-24-21(27)34/h2-8,11,17-18,22,25H,9-10,12H2,1H3,(H,23,33)(H,24,34)(H,28,29). The van der Waals surface area contributed by atoms with E-state index in [2.05, 4.69) is 20.2 Å². The zero-order valence-corrected chi connectivity index (χ0v) is 21.0. The van der Waals surface area contributed by atoms with Crippen LogP contribution in [0.25, 0.3) is 5.69 Å². The van der Waals surface area contributed by atoms with Crippen molar-refractivity contribution in [3.8, 4) is 11.4 Å². The van der Waals surface area contributed by atoms with E-state index in [9.17, 15) is 18.3 Å². The van der Waals surface area contributed by atoms with Crippen LogP contribution in [0.5, 0.6) is 5.75 Å². The number of H-pyrrole nitrogens is 2. The minimum atomic E-state index is -3.53. The van der Waals surface area contributed by atoms with Gasteiger partial charge in [-0.05, 0) is 67.3 Å². The third-order valence-electron chi connectivity index (χ3n) is 5.49. The molecule has 1 aromatic heterocycles. The Hall–Kier alpha value is -3.20. The third kappa shape index (κ3) is 5.90. The maximum Gasteiger partial charge on any atom is 0.328 e. The Balaban J connectivity index is 1.39. The number of sulfonamides is 1. The van der Waals surface area contributed by atoms with Gasteiger partial charge in [0.05, 0.1) is 18.0 Å². The highest BCUT2D eigenvalue weighted by atomic mass is 32.2. The molecule has 0 bridgehead atoms. The molecule has 1 aliphatic rings. The molecule has 2 aromatic carbocycles. The number of carbonyl (C=O) groups is 1. The summed E-state index contributed by atoms with van der Waals surface area (Å²) in [5.74, 6) is -0.553. The molecule has 1 fully saturated rings. The number of anilines is 2. The van der Waals surface area contributed by atoms with Gasteiger partial charge in [0.25, 0.3) is 0 Å². The van der Waals surface area contributed by atoms with Crippen molar-refractivity contribution in [3.05, 3.63) is 58.1 Å². The lowest BCUT2D eigenvalue weighted by molar-refractivity contribution is -0.138. The Bertz CT molecular complexity index is 1400. The first-order valence-corrected chi connectivity index (χ1v) is 13.3. The first-order valence-electron chi connectivity index (χ1n) is 10.6. The van der Waals surface area contributed by atoms with E-state index in [0.29, 0.717) is 33.9 Å². The van der Waals surface area contributed by atoms with E-state index in [1.165, 1.54) is 0 Å². The maximum atomic E-state index is 11.9. The monoisotopic (exact) mass is 536 g/mol. The van der Waals surface area contributed by atoms with Gasteiger partial charge in [0.1, 0.15) is 11.8 Å². The van der Waals surface area contributed by atoms with E-state index < -0.39 is 28.1 Å². The van der Waals surface area contributed by atoms with Gasteiger partial charge in [-0.15, -0.1) is 0 Å². The number of rotatable bonds is 9. The first kappa shape index (κ1) is 24.9. The molecule has 2 atom stereocenters. The number of aromatic nitrogens is 3. The molecule has 11 nitrogen and oxygen atoms in total. The highest BCUT2D eigenvalue weighted by Crippen LogP contribution is 2.29. The van der Waals surface area contributed by atoms with Gasteiger partial charge in [0.2, 0.25) is 10.0 Å². The topological polar surface area (TPSA) is 144 Å². The van der Waals surface area contributed by atoms with E-state index >= 15 is 0 Å². The van der Waals surface area contributed by atoms with Crippen LogP contribution < -0.4 is 19.7 Å². The highest BCUT2D eigenvalue weighted by Gasteiger charge is 2.41. The number of ether oxygens (including phenoxy) is 1. The van der Waals surface area contributed by atoms with Crippen LogP contribution in [-0.2, 0) is 14.8 Å². The van der Waals surface area contributed by atoms with Gasteiger partial charge in [0.15, 0.2) is 16.3 Å². The van der Waals surface area contributed by atoms with Crippen molar-refractivity contribution in [3.63, 3.8) is 0 Å². The van der Waals surface area contributed by atoms with Gasteiger partial charge in [0, 0.05) is 24.0 Å². The molecule has 0 amide bonds. The minimum Gasteiger partial charge on any atom is -0.480 e. The van der Waals surface area contributed by atoms with E-state index in [1.807, 2.05) is 24.3 Å². The molecular formula is C21H24N6O5S3. The summed E-state index contributed by atoms with van der Waals surface area (Å²) in [6.07, 6.45) is 1.40. The number of hydrogen-bond acceptors (Lipinski definition) is 8. The number of benzene rings is 2. The predicted octanol–water partition coefficient (Wildman–Crippen LogP) is 2.62. The van der Waals surface area contributed by atoms with Gasteiger partial charge >= 0.3 is 5.97 Å². The zero-order valence-electron chi connectivity index (χ0n) is 18.6. The summed E-state index contributed by atoms with van der Waals surface area (Å²) in [7, 11) is -3.53. The van der Waals surface area contributed by atoms with E-state index in [0.717, 1.165) is 17.6 Å². The summed E-state index contributed by atoms with van der Waals surface area (Å²) in [6, 6.07) is 12.8. The van der Waals surface area contributed by atoms with Crippen molar-refractivity contribution in [2.75, 3.05) is 29.7 Å². The summed E-state index contributed by atoms with van der Waals surface area (Å²) < 4.78 is 34.2. The molecule has 0 spiro atoms.